The molecule has 0 bridgehead atoms. The van der Waals surface area contributed by atoms with Gasteiger partial charge in [-0.25, -0.2) is 4.98 Å². The molecule has 3 rings (SSSR count). The number of carbonyl (C=O) groups excluding carboxylic acids is 1. The van der Waals surface area contributed by atoms with Crippen LogP contribution in [0, 0.1) is 0 Å². The number of carbonyl (C=O) groups is 1. The Morgan fingerprint density at radius 3 is 2.79 bits per heavy atom. The summed E-state index contributed by atoms with van der Waals surface area (Å²) in [7, 11) is 2.11. The van der Waals surface area contributed by atoms with Crippen LogP contribution in [0.15, 0.2) is 24.7 Å². The predicted molar refractivity (Wildman–Crippen MR) is 90.3 cm³/mol. The Hall–Kier alpha value is -2.28. The first-order valence-corrected chi connectivity index (χ1v) is 8.31. The fraction of sp³-hybridized carbons (Fsp3) is 0.529. The SMILES string of the molecule is CC(C)N(C)Cc1cnc2n1CCN(C(=O)c1ccnnc1)C2C. The van der Waals surface area contributed by atoms with Crippen molar-refractivity contribution in [2.75, 3.05) is 13.6 Å². The average Bonchev–Trinajstić information content (AvgIpc) is 2.99. The van der Waals surface area contributed by atoms with Gasteiger partial charge in [-0.1, -0.05) is 0 Å². The second kappa shape index (κ2) is 6.68. The molecule has 1 unspecified atom stereocenters. The Balaban J connectivity index is 1.80. The first kappa shape index (κ1) is 16.6. The van der Waals surface area contributed by atoms with Gasteiger partial charge in [-0.2, -0.15) is 10.2 Å². The van der Waals surface area contributed by atoms with Crippen molar-refractivity contribution in [2.24, 2.45) is 0 Å². The number of nitrogens with zero attached hydrogens (tertiary/aromatic N) is 6. The first-order valence-electron chi connectivity index (χ1n) is 8.31. The number of rotatable bonds is 4. The molecule has 1 amide bonds. The Labute approximate surface area is 142 Å². The van der Waals surface area contributed by atoms with Crippen LogP contribution in [0.2, 0.25) is 0 Å². The third-order valence-electron chi connectivity index (χ3n) is 4.76. The minimum absolute atomic E-state index is 0.0208. The molecule has 1 aliphatic heterocycles. The summed E-state index contributed by atoms with van der Waals surface area (Å²) < 4.78 is 2.25. The number of hydrogen-bond acceptors (Lipinski definition) is 5. The highest BCUT2D eigenvalue weighted by atomic mass is 16.2. The van der Waals surface area contributed by atoms with Crippen molar-refractivity contribution in [1.29, 1.82) is 0 Å². The third-order valence-corrected chi connectivity index (χ3v) is 4.76. The van der Waals surface area contributed by atoms with Crippen molar-refractivity contribution >= 4 is 5.91 Å². The van der Waals surface area contributed by atoms with Crippen LogP contribution in [0.4, 0.5) is 0 Å². The van der Waals surface area contributed by atoms with E-state index in [1.807, 2.05) is 18.0 Å². The van der Waals surface area contributed by atoms with Crippen molar-refractivity contribution in [1.82, 2.24) is 29.5 Å². The molecule has 0 aliphatic carbocycles. The quantitative estimate of drug-likeness (QED) is 0.855. The standard InChI is InChI=1S/C17H24N6O/c1-12(2)21(4)11-15-10-18-16-13(3)22(7-8-23(15)16)17(24)14-5-6-19-20-9-14/h5-6,9-10,12-13H,7-8,11H2,1-4H3. The maximum atomic E-state index is 12.7. The van der Waals surface area contributed by atoms with E-state index in [1.165, 1.54) is 11.9 Å². The Kier molecular flexibility index (Phi) is 4.62. The molecule has 7 heteroatoms. The lowest BCUT2D eigenvalue weighted by Crippen LogP contribution is -2.42. The lowest BCUT2D eigenvalue weighted by atomic mass is 10.1. The van der Waals surface area contributed by atoms with Crippen molar-refractivity contribution in [3.8, 4) is 0 Å². The minimum Gasteiger partial charge on any atom is -0.327 e. The van der Waals surface area contributed by atoms with Crippen LogP contribution in [0.25, 0.3) is 0 Å². The maximum Gasteiger partial charge on any atom is 0.256 e. The molecule has 3 heterocycles. The summed E-state index contributed by atoms with van der Waals surface area (Å²) in [5.41, 5.74) is 1.77. The van der Waals surface area contributed by atoms with E-state index in [4.69, 9.17) is 0 Å². The minimum atomic E-state index is -0.0579. The van der Waals surface area contributed by atoms with E-state index in [-0.39, 0.29) is 11.9 Å². The van der Waals surface area contributed by atoms with Crippen molar-refractivity contribution in [3.05, 3.63) is 41.7 Å². The van der Waals surface area contributed by atoms with E-state index < -0.39 is 0 Å². The number of fused-ring (bicyclic) bond motifs is 1. The molecular weight excluding hydrogens is 304 g/mol. The van der Waals surface area contributed by atoms with Crippen LogP contribution in [0.3, 0.4) is 0 Å². The summed E-state index contributed by atoms with van der Waals surface area (Å²) in [6, 6.07) is 2.12. The first-order chi connectivity index (χ1) is 11.5. The number of amides is 1. The number of imidazole rings is 1. The lowest BCUT2D eigenvalue weighted by molar-refractivity contribution is 0.0634. The van der Waals surface area contributed by atoms with Crippen LogP contribution in [-0.4, -0.2) is 55.1 Å². The van der Waals surface area contributed by atoms with Gasteiger partial charge in [0.05, 0.1) is 29.7 Å². The molecule has 0 N–H and O–H groups in total. The molecule has 128 valence electrons. The predicted octanol–water partition coefficient (Wildman–Crippen LogP) is 1.73. The molecule has 0 saturated carbocycles. The van der Waals surface area contributed by atoms with E-state index in [2.05, 4.69) is 45.5 Å². The van der Waals surface area contributed by atoms with Gasteiger partial charge in [0.15, 0.2) is 0 Å². The second-order valence-electron chi connectivity index (χ2n) is 6.57. The van der Waals surface area contributed by atoms with Crippen LogP contribution >= 0.6 is 0 Å². The zero-order valence-corrected chi connectivity index (χ0v) is 14.7. The Morgan fingerprint density at radius 2 is 2.12 bits per heavy atom. The number of hydrogen-bond donors (Lipinski definition) is 0. The van der Waals surface area contributed by atoms with E-state index in [0.29, 0.717) is 18.2 Å². The van der Waals surface area contributed by atoms with Crippen LogP contribution in [0.1, 0.15) is 48.7 Å². The molecule has 24 heavy (non-hydrogen) atoms. The topological polar surface area (TPSA) is 67.2 Å². The summed E-state index contributed by atoms with van der Waals surface area (Å²) in [6.45, 7) is 8.69. The second-order valence-corrected chi connectivity index (χ2v) is 6.57. The van der Waals surface area contributed by atoms with Gasteiger partial charge in [-0.15, -0.1) is 0 Å². The fourth-order valence-corrected chi connectivity index (χ4v) is 2.98. The van der Waals surface area contributed by atoms with Gasteiger partial charge in [0.1, 0.15) is 5.82 Å². The third kappa shape index (κ3) is 3.03. The molecule has 1 aliphatic rings. The lowest BCUT2D eigenvalue weighted by Gasteiger charge is -2.35. The smallest absolute Gasteiger partial charge is 0.256 e. The van der Waals surface area contributed by atoms with Gasteiger partial charge < -0.3 is 9.47 Å². The van der Waals surface area contributed by atoms with Gasteiger partial charge in [0.25, 0.3) is 5.91 Å². The van der Waals surface area contributed by atoms with Crippen molar-refractivity contribution < 1.29 is 4.79 Å². The Bertz CT molecular complexity index is 711. The summed E-state index contributed by atoms with van der Waals surface area (Å²) in [6.07, 6.45) is 4.99. The number of aromatic nitrogens is 4. The molecule has 0 fully saturated rings. The molecular formula is C17H24N6O. The largest absolute Gasteiger partial charge is 0.327 e. The highest BCUT2D eigenvalue weighted by Crippen LogP contribution is 2.27. The highest BCUT2D eigenvalue weighted by molar-refractivity contribution is 5.94. The summed E-state index contributed by atoms with van der Waals surface area (Å²) >= 11 is 0. The van der Waals surface area contributed by atoms with Crippen LogP contribution in [-0.2, 0) is 13.1 Å². The normalized spacial score (nSPS) is 17.4. The highest BCUT2D eigenvalue weighted by Gasteiger charge is 2.31. The maximum absolute atomic E-state index is 12.7. The zero-order chi connectivity index (χ0) is 17.3. The van der Waals surface area contributed by atoms with E-state index in [0.717, 1.165) is 18.9 Å². The Morgan fingerprint density at radius 1 is 1.33 bits per heavy atom. The molecule has 0 saturated heterocycles. The fourth-order valence-electron chi connectivity index (χ4n) is 2.98. The molecule has 2 aromatic heterocycles. The average molecular weight is 328 g/mol. The molecule has 1 atom stereocenters. The zero-order valence-electron chi connectivity index (χ0n) is 14.7. The molecule has 0 spiro atoms. The monoisotopic (exact) mass is 328 g/mol. The van der Waals surface area contributed by atoms with E-state index in [9.17, 15) is 4.79 Å². The van der Waals surface area contributed by atoms with Crippen LogP contribution in [0.5, 0.6) is 0 Å². The summed E-state index contributed by atoms with van der Waals surface area (Å²) in [4.78, 5) is 21.4. The summed E-state index contributed by atoms with van der Waals surface area (Å²) in [5.74, 6) is 0.927. The van der Waals surface area contributed by atoms with Gasteiger partial charge in [-0.3, -0.25) is 9.69 Å². The van der Waals surface area contributed by atoms with Crippen molar-refractivity contribution in [3.63, 3.8) is 0 Å². The van der Waals surface area contributed by atoms with Crippen LogP contribution < -0.4 is 0 Å². The van der Waals surface area contributed by atoms with Gasteiger partial charge in [-0.05, 0) is 33.9 Å². The summed E-state index contributed by atoms with van der Waals surface area (Å²) in [5, 5.41) is 7.53. The molecule has 2 aromatic rings. The van der Waals surface area contributed by atoms with E-state index in [1.54, 1.807) is 12.3 Å². The van der Waals surface area contributed by atoms with E-state index >= 15 is 0 Å². The molecule has 0 radical (unpaired) electrons. The van der Waals surface area contributed by atoms with Crippen molar-refractivity contribution in [2.45, 2.75) is 45.9 Å². The molecule has 7 nitrogen and oxygen atoms in total. The molecule has 0 aromatic carbocycles. The van der Waals surface area contributed by atoms with Gasteiger partial charge >= 0.3 is 0 Å². The van der Waals surface area contributed by atoms with Gasteiger partial charge in [0.2, 0.25) is 0 Å². The van der Waals surface area contributed by atoms with Gasteiger partial charge in [0, 0.05) is 31.9 Å².